The third-order valence-electron chi connectivity index (χ3n) is 5.05. The van der Waals surface area contributed by atoms with Crippen molar-refractivity contribution in [1.29, 1.82) is 0 Å². The number of hydrogen-bond acceptors (Lipinski definition) is 2. The number of nitrogens with one attached hydrogen (secondary N) is 1. The molecular formula is C21H27N3O. The molecule has 2 amide bonds. The smallest absolute Gasteiger partial charge is 0.321 e. The van der Waals surface area contributed by atoms with E-state index in [0.29, 0.717) is 6.04 Å². The Hall–Kier alpha value is -2.33. The molecule has 2 aromatic carbocycles. The van der Waals surface area contributed by atoms with Crippen molar-refractivity contribution in [2.45, 2.75) is 26.8 Å². The molecule has 25 heavy (non-hydrogen) atoms. The number of benzene rings is 2. The van der Waals surface area contributed by atoms with Crippen molar-refractivity contribution >= 4 is 11.7 Å². The molecule has 4 heteroatoms. The minimum Gasteiger partial charge on any atom is -0.322 e. The quantitative estimate of drug-likeness (QED) is 0.910. The van der Waals surface area contributed by atoms with E-state index in [1.54, 1.807) is 0 Å². The summed E-state index contributed by atoms with van der Waals surface area (Å²) in [6.45, 7) is 9.64. The van der Waals surface area contributed by atoms with E-state index >= 15 is 0 Å². The number of carbonyl (C=O) groups is 1. The second-order valence-electron chi connectivity index (χ2n) is 6.86. The number of piperazine rings is 1. The lowest BCUT2D eigenvalue weighted by Crippen LogP contribution is -2.50. The van der Waals surface area contributed by atoms with Crippen molar-refractivity contribution in [1.82, 2.24) is 9.80 Å². The number of rotatable bonds is 3. The Labute approximate surface area is 150 Å². The summed E-state index contributed by atoms with van der Waals surface area (Å²) in [6.07, 6.45) is 0. The van der Waals surface area contributed by atoms with Crippen LogP contribution in [-0.4, -0.2) is 42.0 Å². The van der Waals surface area contributed by atoms with E-state index in [9.17, 15) is 4.79 Å². The lowest BCUT2D eigenvalue weighted by molar-refractivity contribution is 0.119. The lowest BCUT2D eigenvalue weighted by atomic mass is 10.1. The van der Waals surface area contributed by atoms with Gasteiger partial charge < -0.3 is 10.2 Å². The molecule has 0 radical (unpaired) electrons. The highest BCUT2D eigenvalue weighted by Gasteiger charge is 2.24. The van der Waals surface area contributed by atoms with Gasteiger partial charge in [0.25, 0.3) is 0 Å². The van der Waals surface area contributed by atoms with E-state index in [1.165, 1.54) is 11.1 Å². The molecule has 0 bridgehead atoms. The summed E-state index contributed by atoms with van der Waals surface area (Å²) in [6, 6.07) is 17.0. The lowest BCUT2D eigenvalue weighted by Gasteiger charge is -2.38. The van der Waals surface area contributed by atoms with Crippen molar-refractivity contribution in [3.05, 3.63) is 65.2 Å². The maximum absolute atomic E-state index is 12.5. The van der Waals surface area contributed by atoms with Crippen LogP contribution in [0, 0.1) is 13.8 Å². The normalized spacial score (nSPS) is 16.5. The number of amides is 2. The van der Waals surface area contributed by atoms with Crippen LogP contribution in [0.25, 0.3) is 0 Å². The third-order valence-corrected chi connectivity index (χ3v) is 5.05. The summed E-state index contributed by atoms with van der Waals surface area (Å²) < 4.78 is 0. The Morgan fingerprint density at radius 2 is 1.68 bits per heavy atom. The SMILES string of the molecule is Cc1ccc(NC(=O)N2CCN(C(C)c3ccccc3)CC2)c(C)c1. The zero-order valence-electron chi connectivity index (χ0n) is 15.3. The molecular weight excluding hydrogens is 310 g/mol. The van der Waals surface area contributed by atoms with Gasteiger partial charge in [-0.15, -0.1) is 0 Å². The number of carbonyl (C=O) groups excluding carboxylic acids is 1. The predicted octanol–water partition coefficient (Wildman–Crippen LogP) is 4.21. The van der Waals surface area contributed by atoms with Crippen LogP contribution in [-0.2, 0) is 0 Å². The van der Waals surface area contributed by atoms with Gasteiger partial charge in [0.1, 0.15) is 0 Å². The van der Waals surface area contributed by atoms with E-state index in [1.807, 2.05) is 30.0 Å². The van der Waals surface area contributed by atoms with Crippen LogP contribution in [0.15, 0.2) is 48.5 Å². The average Bonchev–Trinajstić information content (AvgIpc) is 2.64. The summed E-state index contributed by atoms with van der Waals surface area (Å²) in [4.78, 5) is 16.9. The van der Waals surface area contributed by atoms with Crippen LogP contribution in [0.1, 0.15) is 29.7 Å². The predicted molar refractivity (Wildman–Crippen MR) is 103 cm³/mol. The van der Waals surface area contributed by atoms with Crippen molar-refractivity contribution < 1.29 is 4.79 Å². The first-order valence-electron chi connectivity index (χ1n) is 8.97. The van der Waals surface area contributed by atoms with Gasteiger partial charge in [-0.25, -0.2) is 4.79 Å². The molecule has 1 aliphatic rings. The maximum atomic E-state index is 12.5. The van der Waals surface area contributed by atoms with Crippen LogP contribution < -0.4 is 5.32 Å². The summed E-state index contributed by atoms with van der Waals surface area (Å²) >= 11 is 0. The topological polar surface area (TPSA) is 35.6 Å². The second kappa shape index (κ2) is 7.70. The highest BCUT2D eigenvalue weighted by atomic mass is 16.2. The highest BCUT2D eigenvalue weighted by Crippen LogP contribution is 2.22. The Balaban J connectivity index is 1.55. The average molecular weight is 337 g/mol. The summed E-state index contributed by atoms with van der Waals surface area (Å²) in [7, 11) is 0. The van der Waals surface area contributed by atoms with Crippen molar-refractivity contribution in [3.63, 3.8) is 0 Å². The zero-order valence-corrected chi connectivity index (χ0v) is 15.3. The minimum absolute atomic E-state index is 0.000956. The molecule has 4 nitrogen and oxygen atoms in total. The number of nitrogens with zero attached hydrogens (tertiary/aromatic N) is 2. The Kier molecular flexibility index (Phi) is 5.39. The molecule has 1 atom stereocenters. The maximum Gasteiger partial charge on any atom is 0.321 e. The second-order valence-corrected chi connectivity index (χ2v) is 6.86. The van der Waals surface area contributed by atoms with Crippen LogP contribution in [0.2, 0.25) is 0 Å². The Morgan fingerprint density at radius 3 is 2.32 bits per heavy atom. The number of aryl methyl sites for hydroxylation is 2. The largest absolute Gasteiger partial charge is 0.322 e. The van der Waals surface area contributed by atoms with E-state index in [-0.39, 0.29) is 6.03 Å². The molecule has 1 fully saturated rings. The van der Waals surface area contributed by atoms with E-state index in [4.69, 9.17) is 0 Å². The molecule has 1 aliphatic heterocycles. The molecule has 132 valence electrons. The molecule has 1 heterocycles. The van der Waals surface area contributed by atoms with Gasteiger partial charge in [-0.2, -0.15) is 0 Å². The molecule has 0 aliphatic carbocycles. The van der Waals surface area contributed by atoms with Gasteiger partial charge in [-0.3, -0.25) is 4.90 Å². The molecule has 1 N–H and O–H groups in total. The van der Waals surface area contributed by atoms with Gasteiger partial charge in [0.15, 0.2) is 0 Å². The fourth-order valence-corrected chi connectivity index (χ4v) is 3.40. The summed E-state index contributed by atoms with van der Waals surface area (Å²) in [5.41, 5.74) is 4.54. The first-order chi connectivity index (χ1) is 12.0. The molecule has 2 aromatic rings. The molecule has 3 rings (SSSR count). The number of hydrogen-bond donors (Lipinski definition) is 1. The molecule has 1 saturated heterocycles. The molecule has 0 aromatic heterocycles. The van der Waals surface area contributed by atoms with Crippen LogP contribution >= 0.6 is 0 Å². The van der Waals surface area contributed by atoms with E-state index in [0.717, 1.165) is 37.4 Å². The first-order valence-corrected chi connectivity index (χ1v) is 8.97. The number of urea groups is 1. The summed E-state index contributed by atoms with van der Waals surface area (Å²) in [5.74, 6) is 0. The van der Waals surface area contributed by atoms with Crippen molar-refractivity contribution in [2.24, 2.45) is 0 Å². The van der Waals surface area contributed by atoms with Gasteiger partial charge in [0.2, 0.25) is 0 Å². The summed E-state index contributed by atoms with van der Waals surface area (Å²) in [5, 5.41) is 3.05. The third kappa shape index (κ3) is 4.20. The fourth-order valence-electron chi connectivity index (χ4n) is 3.40. The molecule has 0 spiro atoms. The van der Waals surface area contributed by atoms with Gasteiger partial charge in [0, 0.05) is 37.9 Å². The van der Waals surface area contributed by atoms with Crippen molar-refractivity contribution in [2.75, 3.05) is 31.5 Å². The zero-order chi connectivity index (χ0) is 17.8. The monoisotopic (exact) mass is 337 g/mol. The van der Waals surface area contributed by atoms with Crippen LogP contribution in [0.4, 0.5) is 10.5 Å². The minimum atomic E-state index is -0.000956. The van der Waals surface area contributed by atoms with Gasteiger partial charge in [-0.1, -0.05) is 48.0 Å². The number of anilines is 1. The van der Waals surface area contributed by atoms with Gasteiger partial charge in [-0.05, 0) is 38.0 Å². The van der Waals surface area contributed by atoms with Crippen LogP contribution in [0.3, 0.4) is 0 Å². The molecule has 1 unspecified atom stereocenters. The van der Waals surface area contributed by atoms with Crippen LogP contribution in [0.5, 0.6) is 0 Å². The van der Waals surface area contributed by atoms with Crippen molar-refractivity contribution in [3.8, 4) is 0 Å². The highest BCUT2D eigenvalue weighted by molar-refractivity contribution is 5.90. The van der Waals surface area contributed by atoms with E-state index < -0.39 is 0 Å². The molecule has 0 saturated carbocycles. The van der Waals surface area contributed by atoms with Gasteiger partial charge >= 0.3 is 6.03 Å². The van der Waals surface area contributed by atoms with Gasteiger partial charge in [0.05, 0.1) is 0 Å². The first kappa shape index (κ1) is 17.5. The fraction of sp³-hybridized carbons (Fsp3) is 0.381. The Bertz CT molecular complexity index is 721. The standard InChI is InChI=1S/C21H27N3O/c1-16-9-10-20(17(2)15-16)22-21(25)24-13-11-23(12-14-24)18(3)19-7-5-4-6-8-19/h4-10,15,18H,11-14H2,1-3H3,(H,22,25). The Morgan fingerprint density at radius 1 is 1.00 bits per heavy atom. The van der Waals surface area contributed by atoms with E-state index in [2.05, 4.69) is 54.4 Å².